The molecule has 0 saturated heterocycles. The van der Waals surface area contributed by atoms with Crippen LogP contribution in [0, 0.1) is 0 Å². The molecule has 11 heavy (non-hydrogen) atoms. The predicted molar refractivity (Wildman–Crippen MR) is 56.6 cm³/mol. The van der Waals surface area contributed by atoms with E-state index in [0.29, 0.717) is 5.04 Å². The van der Waals surface area contributed by atoms with Gasteiger partial charge in [0.2, 0.25) is 0 Å². The molecule has 0 amide bonds. The van der Waals surface area contributed by atoms with Crippen molar-refractivity contribution in [2.45, 2.75) is 52.2 Å². The zero-order valence-electron chi connectivity index (χ0n) is 8.86. The van der Waals surface area contributed by atoms with Gasteiger partial charge < -0.3 is 0 Å². The van der Waals surface area contributed by atoms with Crippen molar-refractivity contribution < 1.29 is 0 Å². The highest BCUT2D eigenvalue weighted by Crippen LogP contribution is 2.36. The van der Waals surface area contributed by atoms with Gasteiger partial charge in [0.1, 0.15) is 0 Å². The number of rotatable bonds is 2. The van der Waals surface area contributed by atoms with E-state index in [2.05, 4.69) is 52.6 Å². The first-order chi connectivity index (χ1) is 4.81. The van der Waals surface area contributed by atoms with E-state index in [4.69, 9.17) is 0 Å². The standard InChI is InChI=1S/C10H22Si/c1-7-8-9-11(5,6)10(2,3)4/h8-9H,7H2,1-6H3. The Labute approximate surface area is 72.7 Å². The fourth-order valence-corrected chi connectivity index (χ4v) is 1.99. The van der Waals surface area contributed by atoms with E-state index in [1.165, 1.54) is 6.42 Å². The van der Waals surface area contributed by atoms with Crippen LogP contribution in [0.3, 0.4) is 0 Å². The van der Waals surface area contributed by atoms with Crippen LogP contribution in [0.1, 0.15) is 34.1 Å². The Balaban J connectivity index is 4.34. The van der Waals surface area contributed by atoms with Gasteiger partial charge in [0, 0.05) is 0 Å². The Morgan fingerprint density at radius 1 is 1.18 bits per heavy atom. The van der Waals surface area contributed by atoms with Gasteiger partial charge in [-0.15, -0.1) is 0 Å². The average molecular weight is 170 g/mol. The topological polar surface area (TPSA) is 0 Å². The first kappa shape index (κ1) is 11.0. The van der Waals surface area contributed by atoms with Gasteiger partial charge in [-0.05, 0) is 11.5 Å². The van der Waals surface area contributed by atoms with Crippen molar-refractivity contribution in [1.29, 1.82) is 0 Å². The second-order valence-corrected chi connectivity index (χ2v) is 10.1. The van der Waals surface area contributed by atoms with Crippen LogP contribution in [-0.4, -0.2) is 8.07 Å². The molecule has 0 saturated carbocycles. The first-order valence-corrected chi connectivity index (χ1v) is 7.56. The molecule has 0 nitrogen and oxygen atoms in total. The predicted octanol–water partition coefficient (Wildman–Crippen LogP) is 4.00. The van der Waals surface area contributed by atoms with Crippen molar-refractivity contribution in [3.05, 3.63) is 11.8 Å². The third-order valence-corrected chi connectivity index (χ3v) is 7.64. The highest BCUT2D eigenvalue weighted by Gasteiger charge is 2.31. The quantitative estimate of drug-likeness (QED) is 0.550. The number of hydrogen-bond acceptors (Lipinski definition) is 0. The molecule has 66 valence electrons. The lowest BCUT2D eigenvalue weighted by atomic mass is 10.2. The SMILES string of the molecule is CCC=C[Si](C)(C)C(C)(C)C. The Bertz CT molecular complexity index is 137. The van der Waals surface area contributed by atoms with Gasteiger partial charge in [0.15, 0.2) is 0 Å². The van der Waals surface area contributed by atoms with E-state index in [1.54, 1.807) is 0 Å². The summed E-state index contributed by atoms with van der Waals surface area (Å²) in [6, 6.07) is 0. The molecule has 0 aromatic rings. The van der Waals surface area contributed by atoms with Gasteiger partial charge >= 0.3 is 0 Å². The van der Waals surface area contributed by atoms with Crippen molar-refractivity contribution in [3.8, 4) is 0 Å². The van der Waals surface area contributed by atoms with E-state index < -0.39 is 8.07 Å². The molecular weight excluding hydrogens is 148 g/mol. The van der Waals surface area contributed by atoms with Gasteiger partial charge in [-0.2, -0.15) is 0 Å². The molecule has 0 bridgehead atoms. The second kappa shape index (κ2) is 3.57. The zero-order valence-corrected chi connectivity index (χ0v) is 9.86. The highest BCUT2D eigenvalue weighted by molar-refractivity contribution is 6.84. The summed E-state index contributed by atoms with van der Waals surface area (Å²) in [5.74, 6) is 0. The minimum atomic E-state index is -1.11. The van der Waals surface area contributed by atoms with Gasteiger partial charge in [-0.3, -0.25) is 0 Å². The Kier molecular flexibility index (Phi) is 3.56. The normalized spacial score (nSPS) is 14.4. The molecule has 0 heterocycles. The largest absolute Gasteiger partial charge is 0.0982 e. The van der Waals surface area contributed by atoms with Crippen LogP contribution in [0.15, 0.2) is 11.8 Å². The van der Waals surface area contributed by atoms with Gasteiger partial charge in [0.25, 0.3) is 0 Å². The Hall–Kier alpha value is -0.0431. The van der Waals surface area contributed by atoms with Crippen LogP contribution in [0.2, 0.25) is 18.1 Å². The molecule has 0 spiro atoms. The summed E-state index contributed by atoms with van der Waals surface area (Å²) in [5, 5.41) is 0.499. The second-order valence-electron chi connectivity index (χ2n) is 4.78. The molecule has 0 aliphatic heterocycles. The summed E-state index contributed by atoms with van der Waals surface area (Å²) in [6.07, 6.45) is 3.49. The first-order valence-electron chi connectivity index (χ1n) is 4.49. The maximum Gasteiger partial charge on any atom is 0.0766 e. The van der Waals surface area contributed by atoms with Crippen molar-refractivity contribution in [1.82, 2.24) is 0 Å². The molecule has 0 fully saturated rings. The van der Waals surface area contributed by atoms with Crippen LogP contribution in [0.4, 0.5) is 0 Å². The fraction of sp³-hybridized carbons (Fsp3) is 0.800. The maximum atomic E-state index is 2.47. The molecule has 1 heteroatoms. The minimum Gasteiger partial charge on any atom is -0.0982 e. The molecule has 0 atom stereocenters. The minimum absolute atomic E-state index is 0.499. The van der Waals surface area contributed by atoms with Crippen LogP contribution < -0.4 is 0 Å². The molecule has 0 aromatic heterocycles. The average Bonchev–Trinajstić information content (AvgIpc) is 1.81. The molecule has 0 unspecified atom stereocenters. The number of allylic oxidation sites excluding steroid dienone is 1. The van der Waals surface area contributed by atoms with Crippen LogP contribution in [-0.2, 0) is 0 Å². The van der Waals surface area contributed by atoms with Gasteiger partial charge in [-0.1, -0.05) is 52.6 Å². The van der Waals surface area contributed by atoms with Gasteiger partial charge in [0.05, 0.1) is 8.07 Å². The van der Waals surface area contributed by atoms with Crippen molar-refractivity contribution in [3.63, 3.8) is 0 Å². The Morgan fingerprint density at radius 2 is 1.64 bits per heavy atom. The lowest BCUT2D eigenvalue weighted by molar-refractivity contribution is 0.728. The summed E-state index contributed by atoms with van der Waals surface area (Å²) >= 11 is 0. The van der Waals surface area contributed by atoms with E-state index >= 15 is 0 Å². The smallest absolute Gasteiger partial charge is 0.0766 e. The molecule has 0 N–H and O–H groups in total. The van der Waals surface area contributed by atoms with Crippen LogP contribution >= 0.6 is 0 Å². The lowest BCUT2D eigenvalue weighted by Gasteiger charge is -2.34. The van der Waals surface area contributed by atoms with E-state index in [0.717, 1.165) is 0 Å². The molecule has 0 radical (unpaired) electrons. The summed E-state index contributed by atoms with van der Waals surface area (Å²) in [6.45, 7) is 14.1. The van der Waals surface area contributed by atoms with Gasteiger partial charge in [-0.25, -0.2) is 0 Å². The molecule has 0 rings (SSSR count). The highest BCUT2D eigenvalue weighted by atomic mass is 28.3. The Morgan fingerprint density at radius 3 is 1.91 bits per heavy atom. The third-order valence-electron chi connectivity index (χ3n) is 2.70. The van der Waals surface area contributed by atoms with Crippen LogP contribution in [0.5, 0.6) is 0 Å². The van der Waals surface area contributed by atoms with Crippen molar-refractivity contribution in [2.75, 3.05) is 0 Å². The number of hydrogen-bond donors (Lipinski definition) is 0. The van der Waals surface area contributed by atoms with Crippen molar-refractivity contribution >= 4 is 8.07 Å². The summed E-state index contributed by atoms with van der Waals surface area (Å²) in [5.41, 5.74) is 2.47. The summed E-state index contributed by atoms with van der Waals surface area (Å²) < 4.78 is 0. The fourth-order valence-electron chi connectivity index (χ4n) is 0.662. The van der Waals surface area contributed by atoms with E-state index in [9.17, 15) is 0 Å². The third kappa shape index (κ3) is 3.24. The summed E-state index contributed by atoms with van der Waals surface area (Å²) in [4.78, 5) is 0. The van der Waals surface area contributed by atoms with Crippen molar-refractivity contribution in [2.24, 2.45) is 0 Å². The van der Waals surface area contributed by atoms with Crippen LogP contribution in [0.25, 0.3) is 0 Å². The molecule has 0 aromatic carbocycles. The monoisotopic (exact) mass is 170 g/mol. The molecular formula is C10H22Si. The molecule has 0 aliphatic rings. The maximum absolute atomic E-state index is 2.47. The zero-order chi connectivity index (χ0) is 9.12. The lowest BCUT2D eigenvalue weighted by Crippen LogP contribution is -2.34. The van der Waals surface area contributed by atoms with E-state index in [-0.39, 0.29) is 0 Å². The summed E-state index contributed by atoms with van der Waals surface area (Å²) in [7, 11) is -1.11. The molecule has 0 aliphatic carbocycles. The van der Waals surface area contributed by atoms with E-state index in [1.807, 2.05) is 0 Å².